The average molecular weight is 466 g/mol. The number of halogens is 1. The number of hydrogen-bond acceptors (Lipinski definition) is 3. The number of guanidine groups is 1. The monoisotopic (exact) mass is 466 g/mol. The lowest BCUT2D eigenvalue weighted by Gasteiger charge is -2.22. The lowest BCUT2D eigenvalue weighted by molar-refractivity contribution is 0.297. The zero-order valence-corrected chi connectivity index (χ0v) is 18.9. The van der Waals surface area contributed by atoms with Crippen molar-refractivity contribution in [2.45, 2.75) is 40.0 Å². The summed E-state index contributed by atoms with van der Waals surface area (Å²) in [7, 11) is 2.13. The van der Waals surface area contributed by atoms with Crippen LogP contribution in [0.15, 0.2) is 22.5 Å². The summed E-state index contributed by atoms with van der Waals surface area (Å²) in [4.78, 5) is 10.9. The molecular weight excluding hydrogens is 431 g/mol. The first-order chi connectivity index (χ1) is 11.2. The van der Waals surface area contributed by atoms with Gasteiger partial charge >= 0.3 is 0 Å². The molecule has 0 saturated carbocycles. The van der Waals surface area contributed by atoms with Gasteiger partial charge in [0.15, 0.2) is 5.96 Å². The molecule has 0 radical (unpaired) electrons. The summed E-state index contributed by atoms with van der Waals surface area (Å²) in [6.45, 7) is 12.9. The quantitative estimate of drug-likeness (QED) is 0.232. The minimum atomic E-state index is 0. The molecule has 140 valence electrons. The fourth-order valence-corrected chi connectivity index (χ4v) is 3.18. The van der Waals surface area contributed by atoms with E-state index >= 15 is 0 Å². The molecule has 0 saturated heterocycles. The van der Waals surface area contributed by atoms with Gasteiger partial charge in [-0.2, -0.15) is 0 Å². The number of rotatable bonds is 11. The lowest BCUT2D eigenvalue weighted by Crippen LogP contribution is -2.40. The highest BCUT2D eigenvalue weighted by molar-refractivity contribution is 14.0. The number of aliphatic imine (C=N–C) groups is 1. The van der Waals surface area contributed by atoms with Crippen LogP contribution in [0.25, 0.3) is 0 Å². The molecule has 0 amide bonds. The SMILES string of the molecule is CCNC(=NCCCCN(CC)CC)N(C)CCc1cccs1.I. The van der Waals surface area contributed by atoms with Crippen LogP contribution in [0.2, 0.25) is 0 Å². The highest BCUT2D eigenvalue weighted by atomic mass is 127. The Balaban J connectivity index is 0.00000529. The lowest BCUT2D eigenvalue weighted by atomic mass is 10.3. The van der Waals surface area contributed by atoms with Crippen LogP contribution in [-0.2, 0) is 6.42 Å². The van der Waals surface area contributed by atoms with Gasteiger partial charge in [0.05, 0.1) is 0 Å². The van der Waals surface area contributed by atoms with Crippen molar-refractivity contribution in [1.82, 2.24) is 15.1 Å². The number of nitrogens with one attached hydrogen (secondary N) is 1. The fraction of sp³-hybridized carbons (Fsp3) is 0.722. The molecule has 1 aromatic rings. The standard InChI is InChI=1S/C18H34N4S.HI/c1-5-19-18(20-13-8-9-14-22(6-2)7-3)21(4)15-12-17-11-10-16-23-17;/h10-11,16H,5-9,12-15H2,1-4H3,(H,19,20);1H. The number of likely N-dealkylation sites (N-methyl/N-ethyl adjacent to an activating group) is 1. The molecule has 0 fully saturated rings. The molecule has 4 nitrogen and oxygen atoms in total. The van der Waals surface area contributed by atoms with E-state index in [1.54, 1.807) is 0 Å². The highest BCUT2D eigenvalue weighted by Gasteiger charge is 2.06. The van der Waals surface area contributed by atoms with Gasteiger partial charge in [-0.1, -0.05) is 19.9 Å². The van der Waals surface area contributed by atoms with Crippen LogP contribution in [0.4, 0.5) is 0 Å². The maximum Gasteiger partial charge on any atom is 0.193 e. The first-order valence-corrected chi connectivity index (χ1v) is 9.83. The van der Waals surface area contributed by atoms with Crippen LogP contribution in [-0.4, -0.2) is 62.1 Å². The van der Waals surface area contributed by atoms with Crippen molar-refractivity contribution in [2.75, 3.05) is 46.3 Å². The van der Waals surface area contributed by atoms with Gasteiger partial charge in [-0.25, -0.2) is 0 Å². The molecule has 0 unspecified atom stereocenters. The maximum atomic E-state index is 4.78. The Bertz CT molecular complexity index is 419. The molecule has 0 bridgehead atoms. The van der Waals surface area contributed by atoms with Gasteiger partial charge in [0, 0.05) is 31.6 Å². The summed E-state index contributed by atoms with van der Waals surface area (Å²) < 4.78 is 0. The number of hydrogen-bond donors (Lipinski definition) is 1. The van der Waals surface area contributed by atoms with E-state index in [9.17, 15) is 0 Å². The van der Waals surface area contributed by atoms with Gasteiger partial charge < -0.3 is 15.1 Å². The molecule has 1 N–H and O–H groups in total. The predicted octanol–water partition coefficient (Wildman–Crippen LogP) is 3.93. The number of nitrogens with zero attached hydrogens (tertiary/aromatic N) is 3. The van der Waals surface area contributed by atoms with Crippen LogP contribution in [0, 0.1) is 0 Å². The zero-order chi connectivity index (χ0) is 16.9. The Labute approximate surface area is 169 Å². The molecule has 0 aliphatic rings. The van der Waals surface area contributed by atoms with Crippen molar-refractivity contribution in [1.29, 1.82) is 0 Å². The number of unbranched alkanes of at least 4 members (excludes halogenated alkanes) is 1. The van der Waals surface area contributed by atoms with Crippen LogP contribution in [0.5, 0.6) is 0 Å². The van der Waals surface area contributed by atoms with Crippen LogP contribution < -0.4 is 5.32 Å². The number of thiophene rings is 1. The van der Waals surface area contributed by atoms with E-state index in [2.05, 4.69) is 60.4 Å². The Morgan fingerprint density at radius 3 is 2.50 bits per heavy atom. The molecule has 0 spiro atoms. The second-order valence-corrected chi connectivity index (χ2v) is 6.75. The van der Waals surface area contributed by atoms with E-state index in [1.165, 1.54) is 17.8 Å². The van der Waals surface area contributed by atoms with Crippen LogP contribution >= 0.6 is 35.3 Å². The predicted molar refractivity (Wildman–Crippen MR) is 119 cm³/mol. The molecule has 1 aromatic heterocycles. The van der Waals surface area contributed by atoms with Crippen molar-refractivity contribution >= 4 is 41.3 Å². The summed E-state index contributed by atoms with van der Waals surface area (Å²) in [5, 5.41) is 5.55. The minimum Gasteiger partial charge on any atom is -0.357 e. The summed E-state index contributed by atoms with van der Waals surface area (Å²) in [5.41, 5.74) is 0. The van der Waals surface area contributed by atoms with E-state index in [0.717, 1.165) is 51.5 Å². The fourth-order valence-electron chi connectivity index (χ4n) is 2.48. The summed E-state index contributed by atoms with van der Waals surface area (Å²) >= 11 is 1.83. The Kier molecular flexibility index (Phi) is 14.7. The van der Waals surface area contributed by atoms with E-state index < -0.39 is 0 Å². The third-order valence-electron chi connectivity index (χ3n) is 4.01. The third-order valence-corrected chi connectivity index (χ3v) is 4.94. The van der Waals surface area contributed by atoms with Crippen LogP contribution in [0.1, 0.15) is 38.5 Å². The Morgan fingerprint density at radius 2 is 1.92 bits per heavy atom. The largest absolute Gasteiger partial charge is 0.357 e. The van der Waals surface area contributed by atoms with Crippen molar-refractivity contribution in [3.8, 4) is 0 Å². The molecule has 0 aliphatic carbocycles. The normalized spacial score (nSPS) is 11.5. The van der Waals surface area contributed by atoms with E-state index in [4.69, 9.17) is 4.99 Å². The average Bonchev–Trinajstić information content (AvgIpc) is 3.08. The van der Waals surface area contributed by atoms with Gasteiger partial charge in [-0.15, -0.1) is 35.3 Å². The Morgan fingerprint density at radius 1 is 1.17 bits per heavy atom. The molecule has 0 atom stereocenters. The Hall–Kier alpha value is -0.340. The molecule has 0 aromatic carbocycles. The van der Waals surface area contributed by atoms with Crippen molar-refractivity contribution in [2.24, 2.45) is 4.99 Å². The van der Waals surface area contributed by atoms with E-state index in [0.29, 0.717) is 0 Å². The maximum absolute atomic E-state index is 4.78. The topological polar surface area (TPSA) is 30.9 Å². The third kappa shape index (κ3) is 9.84. The van der Waals surface area contributed by atoms with Gasteiger partial charge in [0.2, 0.25) is 0 Å². The molecule has 0 aliphatic heterocycles. The van der Waals surface area contributed by atoms with E-state index in [1.807, 2.05) is 11.3 Å². The molecule has 1 heterocycles. The summed E-state index contributed by atoms with van der Waals surface area (Å²) in [6, 6.07) is 4.32. The first-order valence-electron chi connectivity index (χ1n) is 8.95. The molecule has 6 heteroatoms. The van der Waals surface area contributed by atoms with E-state index in [-0.39, 0.29) is 24.0 Å². The van der Waals surface area contributed by atoms with Crippen molar-refractivity contribution < 1.29 is 0 Å². The van der Waals surface area contributed by atoms with Gasteiger partial charge in [-0.05, 0) is 57.3 Å². The van der Waals surface area contributed by atoms with Crippen molar-refractivity contribution in [3.05, 3.63) is 22.4 Å². The molecular formula is C18H35IN4S. The van der Waals surface area contributed by atoms with Crippen LogP contribution in [0.3, 0.4) is 0 Å². The first kappa shape index (κ1) is 23.7. The van der Waals surface area contributed by atoms with Gasteiger partial charge in [0.25, 0.3) is 0 Å². The zero-order valence-electron chi connectivity index (χ0n) is 15.8. The van der Waals surface area contributed by atoms with Gasteiger partial charge in [0.1, 0.15) is 0 Å². The summed E-state index contributed by atoms with van der Waals surface area (Å²) in [6.07, 6.45) is 3.47. The van der Waals surface area contributed by atoms with Crippen molar-refractivity contribution in [3.63, 3.8) is 0 Å². The highest BCUT2D eigenvalue weighted by Crippen LogP contribution is 2.09. The minimum absolute atomic E-state index is 0. The van der Waals surface area contributed by atoms with Gasteiger partial charge in [-0.3, -0.25) is 4.99 Å². The second-order valence-electron chi connectivity index (χ2n) is 5.72. The molecule has 1 rings (SSSR count). The second kappa shape index (κ2) is 15.0. The summed E-state index contributed by atoms with van der Waals surface area (Å²) in [5.74, 6) is 1.03. The smallest absolute Gasteiger partial charge is 0.193 e. The molecule has 24 heavy (non-hydrogen) atoms.